The molecule has 0 amide bonds. The van der Waals surface area contributed by atoms with Crippen molar-refractivity contribution in [3.05, 3.63) is 34.9 Å². The molecule has 0 aliphatic heterocycles. The van der Waals surface area contributed by atoms with E-state index in [1.54, 1.807) is 24.3 Å². The fourth-order valence-electron chi connectivity index (χ4n) is 0.906. The van der Waals surface area contributed by atoms with Crippen LogP contribution >= 0.6 is 11.6 Å². The zero-order chi connectivity index (χ0) is 8.97. The van der Waals surface area contributed by atoms with Gasteiger partial charge in [0, 0.05) is 10.4 Å². The fraction of sp³-hybridized carbons (Fsp3) is 0.250. The lowest BCUT2D eigenvalue weighted by molar-refractivity contribution is -0.151. The minimum atomic E-state index is -0.844. The highest BCUT2D eigenvalue weighted by Gasteiger charge is 2.02. The van der Waals surface area contributed by atoms with Crippen LogP contribution in [0.25, 0.3) is 0 Å². The van der Waals surface area contributed by atoms with Crippen LogP contribution in [0.5, 0.6) is 0 Å². The summed E-state index contributed by atoms with van der Waals surface area (Å²) < 4.78 is 23.3. The predicted molar refractivity (Wildman–Crippen MR) is 44.1 cm³/mol. The van der Waals surface area contributed by atoms with E-state index in [4.69, 9.17) is 11.6 Å². The molecule has 0 aliphatic rings. The van der Waals surface area contributed by atoms with Crippen molar-refractivity contribution in [2.45, 2.75) is 6.42 Å². The molecule has 0 radical (unpaired) electrons. The van der Waals surface area contributed by atoms with Gasteiger partial charge in [0.15, 0.2) is 0 Å². The molecule has 0 aliphatic carbocycles. The van der Waals surface area contributed by atoms with Crippen LogP contribution in [-0.2, 0) is 6.42 Å². The largest absolute Gasteiger partial charge is 0.102 e. The Hall–Kier alpha value is -0.670. The van der Waals surface area contributed by atoms with Gasteiger partial charge in [0.2, 0.25) is 0 Å². The molecule has 0 unspecified atom stereocenters. The fourth-order valence-corrected chi connectivity index (χ4v) is 1.14. The maximum Gasteiger partial charge on any atom is 0.0660 e. The van der Waals surface area contributed by atoms with Gasteiger partial charge in [0.05, 0.1) is 6.54 Å². The number of rotatable bonds is 3. The van der Waals surface area contributed by atoms with Crippen molar-refractivity contribution in [1.82, 2.24) is 5.34 Å². The average molecular weight is 192 g/mol. The van der Waals surface area contributed by atoms with Gasteiger partial charge in [-0.25, -0.2) is 0 Å². The molecule has 0 fully saturated rings. The van der Waals surface area contributed by atoms with Gasteiger partial charge >= 0.3 is 0 Å². The molecule has 1 rings (SSSR count). The maximum absolute atomic E-state index is 11.6. The maximum atomic E-state index is 11.6. The van der Waals surface area contributed by atoms with Crippen molar-refractivity contribution >= 4 is 11.6 Å². The van der Waals surface area contributed by atoms with Crippen molar-refractivity contribution < 1.29 is 8.96 Å². The standard InChI is InChI=1S/C8H8ClF2N/c9-8-4-2-1-3-7(8)5-6-12(10)11/h1-4H,5-6H2. The summed E-state index contributed by atoms with van der Waals surface area (Å²) in [6.07, 6.45) is 0.271. The van der Waals surface area contributed by atoms with E-state index in [1.165, 1.54) is 0 Å². The topological polar surface area (TPSA) is 3.24 Å². The Labute approximate surface area is 74.4 Å². The number of halogens is 3. The molecule has 0 atom stereocenters. The molecule has 0 aromatic heterocycles. The minimum absolute atomic E-state index is 0.271. The van der Waals surface area contributed by atoms with Crippen molar-refractivity contribution in [2.24, 2.45) is 0 Å². The van der Waals surface area contributed by atoms with Crippen LogP contribution in [0, 0.1) is 0 Å². The second-order valence-electron chi connectivity index (χ2n) is 2.37. The Morgan fingerprint density at radius 1 is 1.25 bits per heavy atom. The van der Waals surface area contributed by atoms with Gasteiger partial charge in [-0.1, -0.05) is 29.8 Å². The molecular formula is C8H8ClF2N. The first-order valence-corrected chi connectivity index (χ1v) is 3.90. The summed E-state index contributed by atoms with van der Waals surface area (Å²) in [7, 11) is 0. The lowest BCUT2D eigenvalue weighted by Gasteiger charge is -2.02. The highest BCUT2D eigenvalue weighted by molar-refractivity contribution is 6.31. The number of nitrogens with zero attached hydrogens (tertiary/aromatic N) is 1. The molecule has 0 heterocycles. The quantitative estimate of drug-likeness (QED) is 0.664. The van der Waals surface area contributed by atoms with Crippen LogP contribution in [0.3, 0.4) is 0 Å². The van der Waals surface area contributed by atoms with Crippen molar-refractivity contribution in [3.63, 3.8) is 0 Å². The second-order valence-corrected chi connectivity index (χ2v) is 2.78. The van der Waals surface area contributed by atoms with E-state index in [1.807, 2.05) is 0 Å². The Bertz CT molecular complexity index is 253. The highest BCUT2D eigenvalue weighted by atomic mass is 35.5. The van der Waals surface area contributed by atoms with E-state index in [9.17, 15) is 8.96 Å². The first-order valence-electron chi connectivity index (χ1n) is 3.52. The van der Waals surface area contributed by atoms with E-state index in [2.05, 4.69) is 0 Å². The van der Waals surface area contributed by atoms with Gasteiger partial charge < -0.3 is 0 Å². The number of hydrogen-bond donors (Lipinski definition) is 0. The molecule has 0 spiro atoms. The van der Waals surface area contributed by atoms with E-state index >= 15 is 0 Å². The van der Waals surface area contributed by atoms with Crippen molar-refractivity contribution in [3.8, 4) is 0 Å². The number of hydrogen-bond acceptors (Lipinski definition) is 1. The summed E-state index contributed by atoms with van der Waals surface area (Å²) >= 11 is 5.74. The molecule has 12 heavy (non-hydrogen) atoms. The summed E-state index contributed by atoms with van der Waals surface area (Å²) in [5.41, 5.74) is 0.750. The van der Waals surface area contributed by atoms with E-state index in [0.717, 1.165) is 5.56 Å². The van der Waals surface area contributed by atoms with Crippen molar-refractivity contribution in [2.75, 3.05) is 6.54 Å². The summed E-state index contributed by atoms with van der Waals surface area (Å²) in [6, 6.07) is 6.99. The van der Waals surface area contributed by atoms with Crippen LogP contribution in [0.2, 0.25) is 5.02 Å². The summed E-state index contributed by atoms with van der Waals surface area (Å²) in [5, 5.41) is -0.303. The summed E-state index contributed by atoms with van der Waals surface area (Å²) in [4.78, 5) is 0. The first-order chi connectivity index (χ1) is 5.70. The van der Waals surface area contributed by atoms with Gasteiger partial charge in [-0.2, -0.15) is 0 Å². The summed E-state index contributed by atoms with van der Waals surface area (Å²) in [6.45, 7) is -0.288. The van der Waals surface area contributed by atoms with Crippen molar-refractivity contribution in [1.29, 1.82) is 0 Å². The lowest BCUT2D eigenvalue weighted by Crippen LogP contribution is -2.06. The van der Waals surface area contributed by atoms with Gasteiger partial charge in [-0.3, -0.25) is 0 Å². The zero-order valence-corrected chi connectivity index (χ0v) is 7.06. The average Bonchev–Trinajstić information content (AvgIpc) is 2.03. The van der Waals surface area contributed by atoms with Gasteiger partial charge in [-0.05, 0) is 18.1 Å². The van der Waals surface area contributed by atoms with Gasteiger partial charge in [0.25, 0.3) is 0 Å². The molecular weight excluding hydrogens is 184 g/mol. The van der Waals surface area contributed by atoms with Crippen LogP contribution < -0.4 is 0 Å². The third kappa shape index (κ3) is 2.75. The Morgan fingerprint density at radius 3 is 2.50 bits per heavy atom. The molecule has 1 aromatic carbocycles. The normalized spacial score (nSPS) is 10.7. The molecule has 0 saturated carbocycles. The molecule has 66 valence electrons. The first kappa shape index (κ1) is 9.42. The van der Waals surface area contributed by atoms with E-state index in [0.29, 0.717) is 5.02 Å². The summed E-state index contributed by atoms with van der Waals surface area (Å²) in [5.74, 6) is 0. The van der Waals surface area contributed by atoms with Crippen LogP contribution in [0.15, 0.2) is 24.3 Å². The molecule has 0 saturated heterocycles. The van der Waals surface area contributed by atoms with Gasteiger partial charge in [-0.15, -0.1) is 8.96 Å². The number of benzene rings is 1. The Morgan fingerprint density at radius 2 is 1.92 bits per heavy atom. The molecule has 1 nitrogen and oxygen atoms in total. The van der Waals surface area contributed by atoms with Gasteiger partial charge in [0.1, 0.15) is 0 Å². The highest BCUT2D eigenvalue weighted by Crippen LogP contribution is 2.15. The SMILES string of the molecule is FN(F)CCc1ccccc1Cl. The second kappa shape index (κ2) is 4.38. The predicted octanol–water partition coefficient (Wildman–Crippen LogP) is 2.95. The lowest BCUT2D eigenvalue weighted by atomic mass is 10.1. The Balaban J connectivity index is 2.57. The van der Waals surface area contributed by atoms with E-state index in [-0.39, 0.29) is 13.0 Å². The zero-order valence-electron chi connectivity index (χ0n) is 6.30. The smallest absolute Gasteiger partial charge is 0.0660 e. The minimum Gasteiger partial charge on any atom is -0.102 e. The third-order valence-electron chi connectivity index (χ3n) is 1.51. The van der Waals surface area contributed by atoms with Crippen LogP contribution in [0.4, 0.5) is 8.96 Å². The molecule has 0 N–H and O–H groups in total. The van der Waals surface area contributed by atoms with Crippen LogP contribution in [0.1, 0.15) is 5.56 Å². The molecule has 1 aromatic rings. The Kier molecular flexibility index (Phi) is 3.44. The molecule has 4 heteroatoms. The third-order valence-corrected chi connectivity index (χ3v) is 1.88. The molecule has 0 bridgehead atoms. The monoisotopic (exact) mass is 191 g/mol. The van der Waals surface area contributed by atoms with E-state index < -0.39 is 5.34 Å². The van der Waals surface area contributed by atoms with Crippen LogP contribution in [-0.4, -0.2) is 11.9 Å².